The van der Waals surface area contributed by atoms with Gasteiger partial charge < -0.3 is 15.4 Å². The van der Waals surface area contributed by atoms with Gasteiger partial charge in [-0.3, -0.25) is 9.59 Å². The van der Waals surface area contributed by atoms with Gasteiger partial charge in [-0.25, -0.2) is 0 Å². The van der Waals surface area contributed by atoms with Crippen LogP contribution < -0.4 is 15.4 Å². The molecule has 33 heavy (non-hydrogen) atoms. The first-order chi connectivity index (χ1) is 16.0. The van der Waals surface area contributed by atoms with Gasteiger partial charge in [-0.05, 0) is 105 Å². The molecule has 0 heterocycles. The van der Waals surface area contributed by atoms with E-state index in [1.165, 1.54) is 38.5 Å². The molecule has 4 saturated carbocycles. The van der Waals surface area contributed by atoms with E-state index in [2.05, 4.69) is 17.6 Å². The summed E-state index contributed by atoms with van der Waals surface area (Å²) < 4.78 is 5.78. The van der Waals surface area contributed by atoms with Gasteiger partial charge in [0.15, 0.2) is 0 Å². The Balaban J connectivity index is 1.07. The molecule has 4 fully saturated rings. The van der Waals surface area contributed by atoms with Crippen LogP contribution in [0.5, 0.6) is 11.5 Å². The zero-order chi connectivity index (χ0) is 22.8. The smallest absolute Gasteiger partial charge is 0.224 e. The van der Waals surface area contributed by atoms with Gasteiger partial charge in [-0.1, -0.05) is 18.2 Å². The Hall–Kier alpha value is -2.82. The molecule has 2 aromatic carbocycles. The van der Waals surface area contributed by atoms with Crippen molar-refractivity contribution < 1.29 is 14.3 Å². The highest BCUT2D eigenvalue weighted by atomic mass is 16.5. The first-order valence-electron chi connectivity index (χ1n) is 12.4. The van der Waals surface area contributed by atoms with Crippen LogP contribution in [-0.2, 0) is 9.59 Å². The second-order valence-electron chi connectivity index (χ2n) is 10.6. The van der Waals surface area contributed by atoms with Gasteiger partial charge in [0, 0.05) is 24.6 Å². The molecule has 5 nitrogen and oxygen atoms in total. The number of carbonyl (C=O) groups excluding carboxylic acids is 2. The number of carbonyl (C=O) groups is 2. The van der Waals surface area contributed by atoms with Crippen molar-refractivity contribution in [2.75, 3.05) is 5.32 Å². The standard InChI is InChI=1S/C28H34N2O3/c1-19(28-16-20-13-21(17-28)15-22(14-20)18-28)29-26(31)11-12-27(32)30-23-7-9-25(10-8-23)33-24-5-3-2-4-6-24/h2-10,19-22H,11-18H2,1H3,(H,29,31)(H,30,32)/t19-,20?,21?,22?,28?/m0/s1. The molecule has 6 rings (SSSR count). The number of para-hydroxylation sites is 1. The number of anilines is 1. The van der Waals surface area contributed by atoms with Gasteiger partial charge in [0.1, 0.15) is 11.5 Å². The van der Waals surface area contributed by atoms with E-state index in [1.54, 1.807) is 0 Å². The quantitative estimate of drug-likeness (QED) is 0.529. The van der Waals surface area contributed by atoms with Crippen LogP contribution in [0.4, 0.5) is 5.69 Å². The highest BCUT2D eigenvalue weighted by Crippen LogP contribution is 2.61. The van der Waals surface area contributed by atoms with E-state index in [1.807, 2.05) is 54.6 Å². The molecule has 0 unspecified atom stereocenters. The molecule has 4 aliphatic rings. The van der Waals surface area contributed by atoms with E-state index in [9.17, 15) is 9.59 Å². The van der Waals surface area contributed by atoms with Crippen LogP contribution in [0, 0.1) is 23.2 Å². The lowest BCUT2D eigenvalue weighted by atomic mass is 9.48. The molecule has 2 aromatic rings. The third-order valence-corrected chi connectivity index (χ3v) is 8.08. The predicted molar refractivity (Wildman–Crippen MR) is 129 cm³/mol. The summed E-state index contributed by atoms with van der Waals surface area (Å²) in [6.07, 6.45) is 8.42. The molecule has 1 atom stereocenters. The Kier molecular flexibility index (Phi) is 6.13. The maximum atomic E-state index is 12.6. The molecule has 4 bridgehead atoms. The molecule has 174 valence electrons. The van der Waals surface area contributed by atoms with Crippen LogP contribution >= 0.6 is 0 Å². The number of hydrogen-bond donors (Lipinski definition) is 2. The fourth-order valence-electron chi connectivity index (χ4n) is 6.86. The first-order valence-corrected chi connectivity index (χ1v) is 12.4. The molecule has 0 radical (unpaired) electrons. The maximum Gasteiger partial charge on any atom is 0.224 e. The van der Waals surface area contributed by atoms with Crippen LogP contribution in [0.1, 0.15) is 58.3 Å². The largest absolute Gasteiger partial charge is 0.457 e. The van der Waals surface area contributed by atoms with Crippen LogP contribution in [0.2, 0.25) is 0 Å². The second kappa shape index (κ2) is 9.20. The van der Waals surface area contributed by atoms with Crippen LogP contribution in [0.3, 0.4) is 0 Å². The number of hydrogen-bond acceptors (Lipinski definition) is 3. The lowest BCUT2D eigenvalue weighted by Crippen LogP contribution is -2.55. The highest BCUT2D eigenvalue weighted by molar-refractivity contribution is 5.93. The number of ether oxygens (including phenoxy) is 1. The molecule has 0 saturated heterocycles. The third-order valence-electron chi connectivity index (χ3n) is 8.08. The average Bonchev–Trinajstić information content (AvgIpc) is 2.79. The van der Waals surface area contributed by atoms with Gasteiger partial charge in [0.25, 0.3) is 0 Å². The summed E-state index contributed by atoms with van der Waals surface area (Å²) >= 11 is 0. The molecule has 4 aliphatic carbocycles. The lowest BCUT2D eigenvalue weighted by molar-refractivity contribution is -0.128. The van der Waals surface area contributed by atoms with Crippen molar-refractivity contribution in [2.45, 2.75) is 64.3 Å². The molecule has 0 aromatic heterocycles. The normalized spacial score (nSPS) is 28.2. The zero-order valence-electron chi connectivity index (χ0n) is 19.4. The van der Waals surface area contributed by atoms with E-state index >= 15 is 0 Å². The predicted octanol–water partition coefficient (Wildman–Crippen LogP) is 5.92. The van der Waals surface area contributed by atoms with Crippen molar-refractivity contribution >= 4 is 17.5 Å². The van der Waals surface area contributed by atoms with Crippen molar-refractivity contribution in [2.24, 2.45) is 23.2 Å². The lowest BCUT2D eigenvalue weighted by Gasteiger charge is -2.59. The zero-order valence-corrected chi connectivity index (χ0v) is 19.4. The van der Waals surface area contributed by atoms with E-state index in [-0.39, 0.29) is 36.1 Å². The monoisotopic (exact) mass is 446 g/mol. The van der Waals surface area contributed by atoms with Crippen LogP contribution in [-0.4, -0.2) is 17.9 Å². The molecular formula is C28H34N2O3. The fourth-order valence-corrected chi connectivity index (χ4v) is 6.86. The van der Waals surface area contributed by atoms with Crippen LogP contribution in [0.15, 0.2) is 54.6 Å². The Morgan fingerprint density at radius 3 is 2.00 bits per heavy atom. The minimum absolute atomic E-state index is 0.0139. The molecule has 0 spiro atoms. The molecule has 2 amide bonds. The average molecular weight is 447 g/mol. The fraction of sp³-hybridized carbons (Fsp3) is 0.500. The van der Waals surface area contributed by atoms with Gasteiger partial charge in [-0.15, -0.1) is 0 Å². The Bertz CT molecular complexity index is 951. The van der Waals surface area contributed by atoms with E-state index < -0.39 is 0 Å². The van der Waals surface area contributed by atoms with Gasteiger partial charge in [0.2, 0.25) is 11.8 Å². The topological polar surface area (TPSA) is 67.4 Å². The van der Waals surface area contributed by atoms with E-state index in [4.69, 9.17) is 4.74 Å². The summed E-state index contributed by atoms with van der Waals surface area (Å²) in [5, 5.41) is 6.13. The maximum absolute atomic E-state index is 12.6. The van der Waals surface area contributed by atoms with Crippen molar-refractivity contribution in [1.82, 2.24) is 5.32 Å². The minimum Gasteiger partial charge on any atom is -0.457 e. The summed E-state index contributed by atoms with van der Waals surface area (Å²) in [5.74, 6) is 3.91. The second-order valence-corrected chi connectivity index (χ2v) is 10.6. The van der Waals surface area contributed by atoms with Gasteiger partial charge in [-0.2, -0.15) is 0 Å². The first kappa shape index (κ1) is 22.0. The number of nitrogens with one attached hydrogen (secondary N) is 2. The summed E-state index contributed by atoms with van der Waals surface area (Å²) in [6, 6.07) is 17.0. The summed E-state index contributed by atoms with van der Waals surface area (Å²) in [4.78, 5) is 25.0. The summed E-state index contributed by atoms with van der Waals surface area (Å²) in [6.45, 7) is 2.18. The number of benzene rings is 2. The number of rotatable bonds is 8. The van der Waals surface area contributed by atoms with Gasteiger partial charge in [0.05, 0.1) is 0 Å². The molecule has 5 heteroatoms. The summed E-state index contributed by atoms with van der Waals surface area (Å²) in [7, 11) is 0. The Labute approximate surface area is 196 Å². The van der Waals surface area contributed by atoms with Gasteiger partial charge >= 0.3 is 0 Å². The SMILES string of the molecule is C[C@H](NC(=O)CCC(=O)Nc1ccc(Oc2ccccc2)cc1)C12CC3CC(CC(C3)C1)C2. The molecular weight excluding hydrogens is 412 g/mol. The number of amides is 2. The van der Waals surface area contributed by atoms with Crippen molar-refractivity contribution in [3.8, 4) is 11.5 Å². The van der Waals surface area contributed by atoms with Crippen molar-refractivity contribution in [3.63, 3.8) is 0 Å². The molecule has 0 aliphatic heterocycles. The van der Waals surface area contributed by atoms with E-state index in [0.717, 1.165) is 23.5 Å². The van der Waals surface area contributed by atoms with Crippen molar-refractivity contribution in [3.05, 3.63) is 54.6 Å². The minimum atomic E-state index is -0.149. The Morgan fingerprint density at radius 2 is 1.39 bits per heavy atom. The van der Waals surface area contributed by atoms with Crippen molar-refractivity contribution in [1.29, 1.82) is 0 Å². The Morgan fingerprint density at radius 1 is 0.848 bits per heavy atom. The van der Waals surface area contributed by atoms with Crippen LogP contribution in [0.25, 0.3) is 0 Å². The highest BCUT2D eigenvalue weighted by Gasteiger charge is 2.53. The molecule has 2 N–H and O–H groups in total. The summed E-state index contributed by atoms with van der Waals surface area (Å²) in [5.41, 5.74) is 0.985. The third kappa shape index (κ3) is 5.07. The van der Waals surface area contributed by atoms with E-state index in [0.29, 0.717) is 11.4 Å².